The number of rotatable bonds is 7. The number of benzene rings is 1. The van der Waals surface area contributed by atoms with Crippen molar-refractivity contribution in [3.63, 3.8) is 0 Å². The van der Waals surface area contributed by atoms with Gasteiger partial charge in [-0.15, -0.1) is 0 Å². The molecular formula is C17H26N2O2. The average molecular weight is 290 g/mol. The van der Waals surface area contributed by atoms with Gasteiger partial charge in [-0.1, -0.05) is 25.5 Å². The number of hydrogen-bond donors (Lipinski definition) is 2. The van der Waals surface area contributed by atoms with E-state index < -0.39 is 0 Å². The molecule has 21 heavy (non-hydrogen) atoms. The molecule has 0 radical (unpaired) electrons. The first-order valence-corrected chi connectivity index (χ1v) is 7.94. The maximum absolute atomic E-state index is 11.7. The summed E-state index contributed by atoms with van der Waals surface area (Å²) < 4.78 is 5.75. The predicted octanol–water partition coefficient (Wildman–Crippen LogP) is 2.58. The van der Waals surface area contributed by atoms with Gasteiger partial charge in [0.25, 0.3) is 5.91 Å². The number of amides is 1. The van der Waals surface area contributed by atoms with Gasteiger partial charge in [-0.2, -0.15) is 0 Å². The summed E-state index contributed by atoms with van der Waals surface area (Å²) in [5, 5.41) is 6.23. The lowest BCUT2D eigenvalue weighted by atomic mass is 9.87. The maximum Gasteiger partial charge on any atom is 0.257 e. The van der Waals surface area contributed by atoms with Gasteiger partial charge in [0, 0.05) is 12.6 Å². The van der Waals surface area contributed by atoms with Crippen molar-refractivity contribution in [2.75, 3.05) is 20.2 Å². The van der Waals surface area contributed by atoms with Gasteiger partial charge < -0.3 is 15.4 Å². The summed E-state index contributed by atoms with van der Waals surface area (Å²) in [6.45, 7) is 2.94. The topological polar surface area (TPSA) is 50.4 Å². The van der Waals surface area contributed by atoms with E-state index in [1.807, 2.05) is 19.2 Å². The number of hydrogen-bond acceptors (Lipinski definition) is 3. The van der Waals surface area contributed by atoms with Gasteiger partial charge in [0.15, 0.2) is 6.61 Å². The van der Waals surface area contributed by atoms with Gasteiger partial charge in [0.2, 0.25) is 0 Å². The van der Waals surface area contributed by atoms with Crippen molar-refractivity contribution >= 4 is 5.91 Å². The molecule has 1 aliphatic carbocycles. The molecule has 1 aromatic rings. The van der Waals surface area contributed by atoms with Crippen molar-refractivity contribution in [1.29, 1.82) is 0 Å². The molecule has 0 fully saturated rings. The molecular weight excluding hydrogens is 264 g/mol. The van der Waals surface area contributed by atoms with Gasteiger partial charge in [-0.05, 0) is 49.9 Å². The lowest BCUT2D eigenvalue weighted by molar-refractivity contribution is -0.123. The summed E-state index contributed by atoms with van der Waals surface area (Å²) in [4.78, 5) is 11.7. The highest BCUT2D eigenvalue weighted by atomic mass is 16.5. The van der Waals surface area contributed by atoms with Gasteiger partial charge in [0.1, 0.15) is 5.75 Å². The molecule has 0 spiro atoms. The molecule has 0 bridgehead atoms. The van der Waals surface area contributed by atoms with E-state index in [9.17, 15) is 4.79 Å². The fraction of sp³-hybridized carbons (Fsp3) is 0.588. The van der Waals surface area contributed by atoms with E-state index in [1.165, 1.54) is 11.1 Å². The Bertz CT molecular complexity index is 474. The highest BCUT2D eigenvalue weighted by Gasteiger charge is 2.21. The highest BCUT2D eigenvalue weighted by molar-refractivity contribution is 5.77. The fourth-order valence-corrected chi connectivity index (χ4v) is 2.85. The Labute approximate surface area is 127 Å². The standard InChI is InChI=1S/C17H26N2O2/c1-3-4-11-19-17(20)12-21-16-10-6-7-13-14(16)8-5-9-15(13)18-2/h6-7,10,15,18H,3-5,8-9,11-12H2,1-2H3,(H,19,20). The van der Waals surface area contributed by atoms with Crippen LogP contribution < -0.4 is 15.4 Å². The summed E-state index contributed by atoms with van der Waals surface area (Å²) in [5.74, 6) is 0.820. The first kappa shape index (κ1) is 15.8. The van der Waals surface area contributed by atoms with E-state index in [-0.39, 0.29) is 12.5 Å². The molecule has 4 heteroatoms. The molecule has 1 unspecified atom stereocenters. The van der Waals surface area contributed by atoms with Crippen molar-refractivity contribution < 1.29 is 9.53 Å². The van der Waals surface area contributed by atoms with Crippen LogP contribution in [0.4, 0.5) is 0 Å². The SMILES string of the molecule is CCCCNC(=O)COc1cccc2c1CCCC2NC. The van der Waals surface area contributed by atoms with Gasteiger partial charge >= 0.3 is 0 Å². The van der Waals surface area contributed by atoms with Crippen LogP contribution in [0.5, 0.6) is 5.75 Å². The quantitative estimate of drug-likeness (QED) is 0.759. The number of carbonyl (C=O) groups is 1. The summed E-state index contributed by atoms with van der Waals surface area (Å²) in [7, 11) is 1.99. The van der Waals surface area contributed by atoms with Crippen LogP contribution in [0.15, 0.2) is 18.2 Å². The minimum atomic E-state index is -0.0398. The number of carbonyl (C=O) groups excluding carboxylic acids is 1. The third-order valence-corrected chi connectivity index (χ3v) is 4.02. The van der Waals surface area contributed by atoms with E-state index in [0.29, 0.717) is 6.04 Å². The van der Waals surface area contributed by atoms with Crippen molar-refractivity contribution in [1.82, 2.24) is 10.6 Å². The smallest absolute Gasteiger partial charge is 0.257 e. The second-order valence-corrected chi connectivity index (χ2v) is 5.55. The summed E-state index contributed by atoms with van der Waals surface area (Å²) in [6, 6.07) is 6.54. The lowest BCUT2D eigenvalue weighted by Gasteiger charge is -2.26. The fourth-order valence-electron chi connectivity index (χ4n) is 2.85. The molecule has 4 nitrogen and oxygen atoms in total. The Morgan fingerprint density at radius 3 is 3.05 bits per heavy atom. The molecule has 1 atom stereocenters. The average Bonchev–Trinajstić information content (AvgIpc) is 2.52. The summed E-state index contributed by atoms with van der Waals surface area (Å²) >= 11 is 0. The molecule has 1 aliphatic rings. The molecule has 0 aliphatic heterocycles. The van der Waals surface area contributed by atoms with E-state index in [2.05, 4.69) is 23.6 Å². The van der Waals surface area contributed by atoms with Crippen molar-refractivity contribution in [2.45, 2.75) is 45.1 Å². The molecule has 2 N–H and O–H groups in total. The molecule has 0 saturated carbocycles. The largest absolute Gasteiger partial charge is 0.483 e. The maximum atomic E-state index is 11.7. The second-order valence-electron chi connectivity index (χ2n) is 5.55. The van der Waals surface area contributed by atoms with E-state index in [0.717, 1.165) is 44.4 Å². The highest BCUT2D eigenvalue weighted by Crippen LogP contribution is 2.35. The van der Waals surface area contributed by atoms with Gasteiger partial charge in [-0.3, -0.25) is 4.79 Å². The van der Waals surface area contributed by atoms with Crippen LogP contribution in [0.1, 0.15) is 49.8 Å². The normalized spacial score (nSPS) is 17.1. The molecule has 2 rings (SSSR count). The van der Waals surface area contributed by atoms with Crippen molar-refractivity contribution in [3.8, 4) is 5.75 Å². The first-order valence-electron chi connectivity index (χ1n) is 7.94. The van der Waals surface area contributed by atoms with Crippen molar-refractivity contribution in [3.05, 3.63) is 29.3 Å². The first-order chi connectivity index (χ1) is 10.3. The number of unbranched alkanes of at least 4 members (excludes halogenated alkanes) is 1. The zero-order chi connectivity index (χ0) is 15.1. The lowest BCUT2D eigenvalue weighted by Crippen LogP contribution is -2.30. The Balaban J connectivity index is 1.96. The van der Waals surface area contributed by atoms with Crippen LogP contribution >= 0.6 is 0 Å². The number of ether oxygens (including phenoxy) is 1. The summed E-state index contributed by atoms with van der Waals surface area (Å²) in [5.41, 5.74) is 2.57. The summed E-state index contributed by atoms with van der Waals surface area (Å²) in [6.07, 6.45) is 5.43. The minimum absolute atomic E-state index is 0.0398. The van der Waals surface area contributed by atoms with Gasteiger partial charge in [-0.25, -0.2) is 0 Å². The van der Waals surface area contributed by atoms with E-state index in [1.54, 1.807) is 0 Å². The van der Waals surface area contributed by atoms with Crippen LogP contribution in [0.3, 0.4) is 0 Å². The number of fused-ring (bicyclic) bond motifs is 1. The molecule has 116 valence electrons. The van der Waals surface area contributed by atoms with Crippen LogP contribution in [-0.2, 0) is 11.2 Å². The van der Waals surface area contributed by atoms with Crippen LogP contribution in [0.2, 0.25) is 0 Å². The molecule has 0 heterocycles. The minimum Gasteiger partial charge on any atom is -0.483 e. The zero-order valence-electron chi connectivity index (χ0n) is 13.1. The van der Waals surface area contributed by atoms with Crippen LogP contribution in [0, 0.1) is 0 Å². The molecule has 0 saturated heterocycles. The Morgan fingerprint density at radius 2 is 2.29 bits per heavy atom. The Morgan fingerprint density at radius 1 is 1.43 bits per heavy atom. The third kappa shape index (κ3) is 4.21. The van der Waals surface area contributed by atoms with Crippen LogP contribution in [0.25, 0.3) is 0 Å². The predicted molar refractivity (Wildman–Crippen MR) is 84.6 cm³/mol. The van der Waals surface area contributed by atoms with E-state index >= 15 is 0 Å². The van der Waals surface area contributed by atoms with Crippen LogP contribution in [-0.4, -0.2) is 26.1 Å². The van der Waals surface area contributed by atoms with Gasteiger partial charge in [0.05, 0.1) is 0 Å². The van der Waals surface area contributed by atoms with Crippen molar-refractivity contribution in [2.24, 2.45) is 0 Å². The van der Waals surface area contributed by atoms with E-state index in [4.69, 9.17) is 4.74 Å². The zero-order valence-corrected chi connectivity index (χ0v) is 13.1. The molecule has 1 amide bonds. The second kappa shape index (κ2) is 8.03. The molecule has 0 aromatic heterocycles. The number of nitrogens with one attached hydrogen (secondary N) is 2. The Hall–Kier alpha value is -1.55. The monoisotopic (exact) mass is 290 g/mol. The molecule has 1 aromatic carbocycles. The third-order valence-electron chi connectivity index (χ3n) is 4.02. The Kier molecular flexibility index (Phi) is 6.05.